The van der Waals surface area contributed by atoms with E-state index < -0.39 is 0 Å². The average molecular weight is 279 g/mol. The molecule has 0 unspecified atom stereocenters. The maximum Gasteiger partial charge on any atom is 0.258 e. The first-order valence-corrected chi connectivity index (χ1v) is 5.99. The van der Waals surface area contributed by atoms with Gasteiger partial charge in [-0.2, -0.15) is 0 Å². The van der Waals surface area contributed by atoms with Crippen LogP contribution >= 0.6 is 12.4 Å². The predicted molar refractivity (Wildman–Crippen MR) is 75.8 cm³/mol. The second-order valence-electron chi connectivity index (χ2n) is 4.38. The molecule has 0 atom stereocenters. The van der Waals surface area contributed by atoms with Crippen LogP contribution in [0, 0.1) is 0 Å². The first-order chi connectivity index (χ1) is 8.83. The van der Waals surface area contributed by atoms with Crippen LogP contribution in [-0.4, -0.2) is 12.5 Å². The maximum atomic E-state index is 11.9. The first-order valence-electron chi connectivity index (χ1n) is 5.99. The zero-order valence-electron chi connectivity index (χ0n) is 10.3. The van der Waals surface area contributed by atoms with Gasteiger partial charge in [0.05, 0.1) is 11.8 Å². The fraction of sp³-hybridized carbons (Fsp3) is 0.214. The Morgan fingerprint density at radius 3 is 2.95 bits per heavy atom. The molecule has 100 valence electrons. The molecule has 19 heavy (non-hydrogen) atoms. The maximum absolute atomic E-state index is 11.9. The van der Waals surface area contributed by atoms with E-state index in [1.165, 1.54) is 23.7 Å². The van der Waals surface area contributed by atoms with Gasteiger partial charge in [0, 0.05) is 12.2 Å². The van der Waals surface area contributed by atoms with Crippen LogP contribution in [0.5, 0.6) is 0 Å². The number of amides is 1. The van der Waals surface area contributed by atoms with E-state index in [0.717, 1.165) is 25.2 Å². The third-order valence-electron chi connectivity index (χ3n) is 3.13. The van der Waals surface area contributed by atoms with Gasteiger partial charge >= 0.3 is 0 Å². The lowest BCUT2D eigenvalue weighted by molar-refractivity contribution is 0.102. The Kier molecular flexibility index (Phi) is 4.24. The van der Waals surface area contributed by atoms with Gasteiger partial charge < -0.3 is 15.1 Å². The largest absolute Gasteiger partial charge is 0.472 e. The highest BCUT2D eigenvalue weighted by Gasteiger charge is 2.11. The molecule has 0 saturated carbocycles. The first kappa shape index (κ1) is 13.6. The number of anilines is 1. The molecule has 0 fully saturated rings. The summed E-state index contributed by atoms with van der Waals surface area (Å²) in [6.45, 7) is 1.89. The lowest BCUT2D eigenvalue weighted by Crippen LogP contribution is -2.23. The number of rotatable bonds is 2. The Morgan fingerprint density at radius 1 is 1.26 bits per heavy atom. The second-order valence-corrected chi connectivity index (χ2v) is 4.38. The van der Waals surface area contributed by atoms with Gasteiger partial charge in [0.2, 0.25) is 0 Å². The Morgan fingerprint density at radius 2 is 2.16 bits per heavy atom. The van der Waals surface area contributed by atoms with Crippen molar-refractivity contribution in [3.8, 4) is 0 Å². The summed E-state index contributed by atoms with van der Waals surface area (Å²) >= 11 is 0. The van der Waals surface area contributed by atoms with Crippen LogP contribution in [0.4, 0.5) is 5.69 Å². The fourth-order valence-electron chi connectivity index (χ4n) is 2.16. The van der Waals surface area contributed by atoms with Crippen LogP contribution < -0.4 is 10.6 Å². The van der Waals surface area contributed by atoms with E-state index in [0.29, 0.717) is 5.56 Å². The number of carbonyl (C=O) groups excluding carboxylic acids is 1. The van der Waals surface area contributed by atoms with Crippen molar-refractivity contribution in [1.82, 2.24) is 5.32 Å². The molecular formula is C14H15ClN2O2. The van der Waals surface area contributed by atoms with Crippen molar-refractivity contribution in [2.24, 2.45) is 0 Å². The molecule has 0 spiro atoms. The van der Waals surface area contributed by atoms with E-state index in [1.807, 2.05) is 12.1 Å². The summed E-state index contributed by atoms with van der Waals surface area (Å²) in [5, 5.41) is 6.19. The highest BCUT2D eigenvalue weighted by Crippen LogP contribution is 2.19. The molecule has 1 aromatic heterocycles. The molecule has 0 saturated heterocycles. The molecular weight excluding hydrogens is 264 g/mol. The number of benzene rings is 1. The molecule has 1 aliphatic heterocycles. The summed E-state index contributed by atoms with van der Waals surface area (Å²) in [6.07, 6.45) is 3.98. The number of halogens is 1. The molecule has 0 bridgehead atoms. The van der Waals surface area contributed by atoms with Crippen LogP contribution in [0.25, 0.3) is 0 Å². The van der Waals surface area contributed by atoms with Gasteiger partial charge in [-0.3, -0.25) is 4.79 Å². The third-order valence-corrected chi connectivity index (χ3v) is 3.13. The van der Waals surface area contributed by atoms with Crippen LogP contribution in [0.3, 0.4) is 0 Å². The molecule has 1 aromatic carbocycles. The lowest BCUT2D eigenvalue weighted by atomic mass is 10.0. The van der Waals surface area contributed by atoms with E-state index in [-0.39, 0.29) is 18.3 Å². The minimum atomic E-state index is -0.146. The molecule has 0 radical (unpaired) electrons. The Hall–Kier alpha value is -1.78. The summed E-state index contributed by atoms with van der Waals surface area (Å²) in [7, 11) is 0. The lowest BCUT2D eigenvalue weighted by Gasteiger charge is -2.17. The minimum Gasteiger partial charge on any atom is -0.472 e. The zero-order chi connectivity index (χ0) is 12.4. The molecule has 3 rings (SSSR count). The van der Waals surface area contributed by atoms with Crippen LogP contribution in [0.1, 0.15) is 21.5 Å². The smallest absolute Gasteiger partial charge is 0.258 e. The van der Waals surface area contributed by atoms with E-state index in [4.69, 9.17) is 4.42 Å². The monoisotopic (exact) mass is 278 g/mol. The standard InChI is InChI=1S/C14H14N2O2.ClH/c17-14(11-4-6-18-9-11)16-13-2-1-10-3-5-15-8-12(10)7-13;/h1-2,4,6-7,9,15H,3,5,8H2,(H,16,17);1H. The van der Waals surface area contributed by atoms with E-state index in [9.17, 15) is 4.79 Å². The van der Waals surface area contributed by atoms with Crippen molar-refractivity contribution in [3.63, 3.8) is 0 Å². The summed E-state index contributed by atoms with van der Waals surface area (Å²) in [4.78, 5) is 11.9. The van der Waals surface area contributed by atoms with E-state index >= 15 is 0 Å². The van der Waals surface area contributed by atoms with Gasteiger partial charge in [0.25, 0.3) is 5.91 Å². The van der Waals surface area contributed by atoms with Crippen LogP contribution in [-0.2, 0) is 13.0 Å². The van der Waals surface area contributed by atoms with Crippen molar-refractivity contribution in [1.29, 1.82) is 0 Å². The highest BCUT2D eigenvalue weighted by molar-refractivity contribution is 6.04. The van der Waals surface area contributed by atoms with Gasteiger partial charge in [-0.25, -0.2) is 0 Å². The molecule has 2 aromatic rings. The number of nitrogens with one attached hydrogen (secondary N) is 2. The number of carbonyl (C=O) groups is 1. The summed E-state index contributed by atoms with van der Waals surface area (Å²) in [5.74, 6) is -0.146. The average Bonchev–Trinajstić information content (AvgIpc) is 2.92. The van der Waals surface area contributed by atoms with Gasteiger partial charge in [-0.15, -0.1) is 12.4 Å². The van der Waals surface area contributed by atoms with E-state index in [1.54, 1.807) is 6.07 Å². The number of hydrogen-bond acceptors (Lipinski definition) is 3. The SMILES string of the molecule is Cl.O=C(Nc1ccc2c(c1)CNCC2)c1ccoc1. The van der Waals surface area contributed by atoms with Crippen molar-refractivity contribution in [2.75, 3.05) is 11.9 Å². The molecule has 2 N–H and O–H groups in total. The molecule has 2 heterocycles. The molecule has 5 heteroatoms. The normalized spacial score (nSPS) is 13.3. The molecule has 1 aliphatic rings. The van der Waals surface area contributed by atoms with Gasteiger partial charge in [0.15, 0.2) is 0 Å². The predicted octanol–water partition coefficient (Wildman–Crippen LogP) is 2.60. The van der Waals surface area contributed by atoms with Crippen LogP contribution in [0.15, 0.2) is 41.2 Å². The van der Waals surface area contributed by atoms with Gasteiger partial charge in [-0.1, -0.05) is 6.07 Å². The van der Waals surface area contributed by atoms with Gasteiger partial charge in [-0.05, 0) is 42.3 Å². The zero-order valence-corrected chi connectivity index (χ0v) is 11.1. The van der Waals surface area contributed by atoms with Crippen molar-refractivity contribution in [2.45, 2.75) is 13.0 Å². The Balaban J connectivity index is 0.00000133. The second kappa shape index (κ2) is 5.91. The quantitative estimate of drug-likeness (QED) is 0.888. The van der Waals surface area contributed by atoms with Crippen molar-refractivity contribution in [3.05, 3.63) is 53.5 Å². The van der Waals surface area contributed by atoms with Crippen molar-refractivity contribution >= 4 is 24.0 Å². The van der Waals surface area contributed by atoms with E-state index in [2.05, 4.69) is 16.7 Å². The van der Waals surface area contributed by atoms with Crippen LogP contribution in [0.2, 0.25) is 0 Å². The number of fused-ring (bicyclic) bond motifs is 1. The third kappa shape index (κ3) is 2.97. The summed E-state index contributed by atoms with van der Waals surface area (Å²) in [5.41, 5.74) is 3.97. The summed E-state index contributed by atoms with van der Waals surface area (Å²) < 4.78 is 4.89. The Bertz CT molecular complexity index is 567. The minimum absolute atomic E-state index is 0. The molecule has 1 amide bonds. The topological polar surface area (TPSA) is 54.3 Å². The fourth-order valence-corrected chi connectivity index (χ4v) is 2.16. The highest BCUT2D eigenvalue weighted by atomic mass is 35.5. The number of furan rings is 1. The molecule has 0 aliphatic carbocycles. The number of hydrogen-bond donors (Lipinski definition) is 2. The van der Waals surface area contributed by atoms with Crippen molar-refractivity contribution < 1.29 is 9.21 Å². The Labute approximate surface area is 117 Å². The summed E-state index contributed by atoms with van der Waals surface area (Å²) in [6, 6.07) is 7.71. The van der Waals surface area contributed by atoms with Gasteiger partial charge in [0.1, 0.15) is 6.26 Å². The molecule has 4 nitrogen and oxygen atoms in total.